The molecule has 2 aliphatic heterocycles. The predicted molar refractivity (Wildman–Crippen MR) is 157 cm³/mol. The van der Waals surface area contributed by atoms with Gasteiger partial charge in [-0.3, -0.25) is 9.20 Å². The maximum atomic E-state index is 13.3. The van der Waals surface area contributed by atoms with Gasteiger partial charge in [-0.15, -0.1) is 0 Å². The quantitative estimate of drug-likeness (QED) is 0.234. The molecule has 0 spiro atoms. The number of nitrogens with one attached hydrogen (secondary N) is 1. The van der Waals surface area contributed by atoms with Crippen LogP contribution in [0, 0.1) is 0 Å². The summed E-state index contributed by atoms with van der Waals surface area (Å²) < 4.78 is 52.7. The standard InChI is InChI=1S/C30H32F3N5O4S/c31-20-8-14-36(15-9-20)11-3-10-34-27(39)22-16-26-24(17-25(22)42-28(32)33)38-18-23(35-29(38)43-26)19-4-6-21(7-5-19)41-30(40)37-12-1-2-13-37/h4-7,16-18,20,28H,1-3,8-15H2,(H,34,39). The summed E-state index contributed by atoms with van der Waals surface area (Å²) in [5.74, 6) is -0.283. The van der Waals surface area contributed by atoms with Gasteiger partial charge in [-0.2, -0.15) is 8.78 Å². The van der Waals surface area contributed by atoms with Gasteiger partial charge in [-0.25, -0.2) is 14.2 Å². The van der Waals surface area contributed by atoms with Crippen LogP contribution in [0.3, 0.4) is 0 Å². The van der Waals surface area contributed by atoms with Crippen LogP contribution in [0.25, 0.3) is 26.4 Å². The zero-order chi connectivity index (χ0) is 29.9. The molecule has 2 amide bonds. The Morgan fingerprint density at radius 3 is 2.53 bits per heavy atom. The van der Waals surface area contributed by atoms with E-state index in [9.17, 15) is 22.8 Å². The maximum Gasteiger partial charge on any atom is 0.415 e. The van der Waals surface area contributed by atoms with Gasteiger partial charge < -0.3 is 24.6 Å². The Balaban J connectivity index is 1.16. The second-order valence-electron chi connectivity index (χ2n) is 10.8. The van der Waals surface area contributed by atoms with Crippen molar-refractivity contribution in [2.75, 3.05) is 39.3 Å². The summed E-state index contributed by atoms with van der Waals surface area (Å²) in [4.78, 5) is 34.4. The lowest BCUT2D eigenvalue weighted by atomic mass is 10.1. The number of halogens is 3. The molecule has 4 aromatic rings. The Labute approximate surface area is 250 Å². The first-order chi connectivity index (χ1) is 20.8. The highest BCUT2D eigenvalue weighted by Gasteiger charge is 2.22. The summed E-state index contributed by atoms with van der Waals surface area (Å²) in [5, 5.41) is 2.80. The molecule has 4 heterocycles. The summed E-state index contributed by atoms with van der Waals surface area (Å²) in [6.45, 7) is 0.772. The first kappa shape index (κ1) is 29.2. The highest BCUT2D eigenvalue weighted by atomic mass is 32.1. The minimum absolute atomic E-state index is 0.0230. The van der Waals surface area contributed by atoms with Gasteiger partial charge in [0, 0.05) is 50.6 Å². The van der Waals surface area contributed by atoms with E-state index in [2.05, 4.69) is 10.2 Å². The number of carbonyl (C=O) groups excluding carboxylic acids is 2. The molecule has 43 heavy (non-hydrogen) atoms. The lowest BCUT2D eigenvalue weighted by molar-refractivity contribution is -0.0500. The van der Waals surface area contributed by atoms with Gasteiger partial charge in [0.15, 0.2) is 4.96 Å². The van der Waals surface area contributed by atoms with E-state index in [1.165, 1.54) is 17.4 Å². The molecule has 2 aromatic carbocycles. The summed E-state index contributed by atoms with van der Waals surface area (Å²) in [5.41, 5.74) is 2.05. The van der Waals surface area contributed by atoms with Gasteiger partial charge >= 0.3 is 12.7 Å². The third-order valence-electron chi connectivity index (χ3n) is 7.83. The van der Waals surface area contributed by atoms with Crippen LogP contribution < -0.4 is 14.8 Å². The van der Waals surface area contributed by atoms with E-state index < -0.39 is 18.7 Å². The van der Waals surface area contributed by atoms with Crippen LogP contribution in [0.1, 0.15) is 42.5 Å². The van der Waals surface area contributed by atoms with Crippen molar-refractivity contribution in [1.82, 2.24) is 24.5 Å². The number of ether oxygens (including phenoxy) is 2. The van der Waals surface area contributed by atoms with Crippen molar-refractivity contribution in [2.24, 2.45) is 0 Å². The van der Waals surface area contributed by atoms with Crippen LogP contribution in [0.15, 0.2) is 42.6 Å². The molecule has 0 saturated carbocycles. The number of likely N-dealkylation sites (tertiary alicyclic amines) is 2. The lowest BCUT2D eigenvalue weighted by Crippen LogP contribution is -2.36. The molecule has 0 bridgehead atoms. The van der Waals surface area contributed by atoms with Gasteiger partial charge in [0.25, 0.3) is 5.91 Å². The summed E-state index contributed by atoms with van der Waals surface area (Å²) in [7, 11) is 0. The van der Waals surface area contributed by atoms with Crippen molar-refractivity contribution in [3.05, 3.63) is 48.2 Å². The van der Waals surface area contributed by atoms with Crippen LogP contribution in [-0.4, -0.2) is 83.2 Å². The normalized spacial score (nSPS) is 16.4. The van der Waals surface area contributed by atoms with Crippen molar-refractivity contribution in [3.63, 3.8) is 0 Å². The number of imidazole rings is 1. The van der Waals surface area contributed by atoms with E-state index in [4.69, 9.17) is 14.5 Å². The van der Waals surface area contributed by atoms with Crippen molar-refractivity contribution in [2.45, 2.75) is 44.9 Å². The van der Waals surface area contributed by atoms with E-state index in [1.807, 2.05) is 0 Å². The molecule has 13 heteroatoms. The maximum absolute atomic E-state index is 13.3. The largest absolute Gasteiger partial charge is 0.434 e. The van der Waals surface area contributed by atoms with E-state index in [-0.39, 0.29) is 17.4 Å². The highest BCUT2D eigenvalue weighted by molar-refractivity contribution is 7.23. The lowest BCUT2D eigenvalue weighted by Gasteiger charge is -2.28. The molecule has 2 aromatic heterocycles. The Hall–Kier alpha value is -3.84. The molecule has 2 aliphatic rings. The van der Waals surface area contributed by atoms with Gasteiger partial charge in [0.1, 0.15) is 17.7 Å². The molecule has 0 atom stereocenters. The topological polar surface area (TPSA) is 88.4 Å². The second-order valence-corrected chi connectivity index (χ2v) is 11.8. The molecular weight excluding hydrogens is 583 g/mol. The number of fused-ring (bicyclic) bond motifs is 3. The predicted octanol–water partition coefficient (Wildman–Crippen LogP) is 5.97. The van der Waals surface area contributed by atoms with E-state index >= 15 is 0 Å². The van der Waals surface area contributed by atoms with Gasteiger partial charge in [-0.05, 0) is 69.0 Å². The first-order valence-corrected chi connectivity index (χ1v) is 15.3. The summed E-state index contributed by atoms with van der Waals surface area (Å²) in [6, 6.07) is 10.0. The molecule has 0 aliphatic carbocycles. The zero-order valence-corrected chi connectivity index (χ0v) is 24.3. The van der Waals surface area contributed by atoms with E-state index in [0.29, 0.717) is 78.6 Å². The zero-order valence-electron chi connectivity index (χ0n) is 23.4. The van der Waals surface area contributed by atoms with Gasteiger partial charge in [0.05, 0.1) is 21.5 Å². The van der Waals surface area contributed by atoms with Crippen molar-refractivity contribution in [1.29, 1.82) is 0 Å². The molecule has 9 nitrogen and oxygen atoms in total. The molecule has 1 N–H and O–H groups in total. The SMILES string of the molecule is O=C(NCCCN1CCC(F)CC1)c1cc2sc3nc(-c4ccc(OC(=O)N5CCCC5)cc4)cn3c2cc1OC(F)F. The number of amides is 2. The monoisotopic (exact) mass is 615 g/mol. The third-order valence-corrected chi connectivity index (χ3v) is 8.85. The number of alkyl halides is 3. The number of piperidine rings is 1. The molecular formula is C30H32F3N5O4S. The Morgan fingerprint density at radius 2 is 1.81 bits per heavy atom. The van der Waals surface area contributed by atoms with Crippen LogP contribution in [0.2, 0.25) is 0 Å². The highest BCUT2D eigenvalue weighted by Crippen LogP contribution is 2.35. The number of benzene rings is 2. The summed E-state index contributed by atoms with van der Waals surface area (Å²) >= 11 is 1.33. The van der Waals surface area contributed by atoms with Crippen molar-refractivity contribution < 1.29 is 32.2 Å². The Bertz CT molecular complexity index is 1590. The molecule has 6 rings (SSSR count). The Morgan fingerprint density at radius 1 is 1.07 bits per heavy atom. The average molecular weight is 616 g/mol. The van der Waals surface area contributed by atoms with E-state index in [1.54, 1.807) is 45.8 Å². The summed E-state index contributed by atoms with van der Waals surface area (Å²) in [6.07, 6.45) is 4.36. The molecule has 2 fully saturated rings. The molecule has 0 unspecified atom stereocenters. The van der Waals surface area contributed by atoms with Crippen LogP contribution >= 0.6 is 11.3 Å². The molecule has 2 saturated heterocycles. The van der Waals surface area contributed by atoms with E-state index in [0.717, 1.165) is 24.9 Å². The smallest absolute Gasteiger partial charge is 0.415 e. The van der Waals surface area contributed by atoms with Gasteiger partial charge in [-0.1, -0.05) is 11.3 Å². The van der Waals surface area contributed by atoms with Crippen LogP contribution in [0.4, 0.5) is 18.0 Å². The second kappa shape index (κ2) is 12.8. The Kier molecular flexibility index (Phi) is 8.70. The van der Waals surface area contributed by atoms with Crippen LogP contribution in [0.5, 0.6) is 11.5 Å². The average Bonchev–Trinajstić information content (AvgIpc) is 3.74. The fraction of sp³-hybridized carbons (Fsp3) is 0.433. The third kappa shape index (κ3) is 6.72. The number of nitrogens with zero attached hydrogens (tertiary/aromatic N) is 4. The fourth-order valence-corrected chi connectivity index (χ4v) is 6.55. The minimum Gasteiger partial charge on any atom is -0.434 e. The fourth-order valence-electron chi connectivity index (χ4n) is 5.52. The van der Waals surface area contributed by atoms with Crippen LogP contribution in [-0.2, 0) is 0 Å². The first-order valence-electron chi connectivity index (χ1n) is 14.5. The number of hydrogen-bond donors (Lipinski definition) is 1. The number of thiazole rings is 1. The minimum atomic E-state index is -3.10. The number of aromatic nitrogens is 2. The van der Waals surface area contributed by atoms with Crippen molar-refractivity contribution >= 4 is 38.5 Å². The number of carbonyl (C=O) groups is 2. The van der Waals surface area contributed by atoms with Crippen molar-refractivity contribution in [3.8, 4) is 22.8 Å². The van der Waals surface area contributed by atoms with Gasteiger partial charge in [0.2, 0.25) is 0 Å². The number of hydrogen-bond acceptors (Lipinski definition) is 7. The molecule has 228 valence electrons. The molecule has 0 radical (unpaired) electrons. The number of rotatable bonds is 9.